The molecule has 0 radical (unpaired) electrons. The van der Waals surface area contributed by atoms with E-state index in [9.17, 15) is 4.79 Å². The summed E-state index contributed by atoms with van der Waals surface area (Å²) in [6, 6.07) is 10.9. The van der Waals surface area contributed by atoms with E-state index in [-0.39, 0.29) is 18.6 Å². The maximum atomic E-state index is 12.8. The number of para-hydroxylation sites is 2. The Hall–Kier alpha value is -2.83. The molecular formula is C18H19N3O4. The van der Waals surface area contributed by atoms with Crippen LogP contribution in [0.2, 0.25) is 0 Å². The average molecular weight is 341 g/mol. The normalized spacial score (nSPS) is 22.3. The van der Waals surface area contributed by atoms with Crippen molar-refractivity contribution in [1.82, 2.24) is 15.1 Å². The summed E-state index contributed by atoms with van der Waals surface area (Å²) in [6.45, 7) is 1.43. The van der Waals surface area contributed by atoms with Crippen LogP contribution in [0, 0.1) is 0 Å². The van der Waals surface area contributed by atoms with Crippen molar-refractivity contribution in [2.24, 2.45) is 0 Å². The Morgan fingerprint density at radius 1 is 1.20 bits per heavy atom. The lowest BCUT2D eigenvalue weighted by molar-refractivity contribution is -0.143. The van der Waals surface area contributed by atoms with Gasteiger partial charge in [-0.25, -0.2) is 0 Å². The highest BCUT2D eigenvalue weighted by atomic mass is 16.6. The van der Waals surface area contributed by atoms with Gasteiger partial charge in [0, 0.05) is 18.8 Å². The summed E-state index contributed by atoms with van der Waals surface area (Å²) in [5.41, 5.74) is 0. The van der Waals surface area contributed by atoms with Gasteiger partial charge < -0.3 is 19.1 Å². The Balaban J connectivity index is 1.39. The van der Waals surface area contributed by atoms with E-state index >= 15 is 0 Å². The summed E-state index contributed by atoms with van der Waals surface area (Å²) >= 11 is 0. The third-order valence-electron chi connectivity index (χ3n) is 4.31. The predicted molar refractivity (Wildman–Crippen MR) is 88.6 cm³/mol. The van der Waals surface area contributed by atoms with Crippen molar-refractivity contribution < 1.29 is 19.0 Å². The van der Waals surface area contributed by atoms with Gasteiger partial charge in [-0.2, -0.15) is 5.10 Å². The maximum absolute atomic E-state index is 12.8. The topological polar surface area (TPSA) is 73.8 Å². The standard InChI is InChI=1S/C18H19N3O4/c22-18(16-12-23-14-6-1-2-7-15(14)25-16)21-10-4-5-13(11-21)24-17-8-3-9-19-20-17/h1-3,6-9,13,16H,4-5,10-12H2/t13-,16+/m0/s1. The molecule has 1 amide bonds. The van der Waals surface area contributed by atoms with Crippen LogP contribution in [-0.2, 0) is 4.79 Å². The number of rotatable bonds is 3. The van der Waals surface area contributed by atoms with Gasteiger partial charge in [0.2, 0.25) is 12.0 Å². The van der Waals surface area contributed by atoms with E-state index in [1.807, 2.05) is 24.3 Å². The first kappa shape index (κ1) is 15.7. The number of benzene rings is 1. The first-order chi connectivity index (χ1) is 12.3. The third kappa shape index (κ3) is 3.50. The molecule has 4 rings (SSSR count). The number of aromatic nitrogens is 2. The fourth-order valence-corrected chi connectivity index (χ4v) is 3.10. The number of likely N-dealkylation sites (tertiary alicyclic amines) is 1. The van der Waals surface area contributed by atoms with Crippen LogP contribution in [0.3, 0.4) is 0 Å². The molecule has 0 aliphatic carbocycles. The number of ether oxygens (including phenoxy) is 3. The Kier molecular flexibility index (Phi) is 4.37. The molecule has 1 aromatic heterocycles. The Morgan fingerprint density at radius 3 is 2.92 bits per heavy atom. The number of carbonyl (C=O) groups is 1. The van der Waals surface area contributed by atoms with Crippen LogP contribution in [-0.4, -0.2) is 52.9 Å². The van der Waals surface area contributed by atoms with Gasteiger partial charge in [0.05, 0.1) is 6.54 Å². The quantitative estimate of drug-likeness (QED) is 0.846. The largest absolute Gasteiger partial charge is 0.485 e. The molecule has 7 nitrogen and oxygen atoms in total. The predicted octanol–water partition coefficient (Wildman–Crippen LogP) is 1.69. The highest BCUT2D eigenvalue weighted by Crippen LogP contribution is 2.31. The van der Waals surface area contributed by atoms with Gasteiger partial charge in [0.15, 0.2) is 11.5 Å². The second kappa shape index (κ2) is 6.96. The van der Waals surface area contributed by atoms with Crippen LogP contribution in [0.15, 0.2) is 42.6 Å². The third-order valence-corrected chi connectivity index (χ3v) is 4.31. The minimum Gasteiger partial charge on any atom is -0.485 e. The fraction of sp³-hybridized carbons (Fsp3) is 0.389. The van der Waals surface area contributed by atoms with Crippen molar-refractivity contribution in [3.8, 4) is 17.4 Å². The summed E-state index contributed by atoms with van der Waals surface area (Å²) in [7, 11) is 0. The molecule has 1 fully saturated rings. The number of carbonyl (C=O) groups excluding carboxylic acids is 1. The van der Waals surface area contributed by atoms with E-state index < -0.39 is 6.10 Å². The Labute approximate surface area is 145 Å². The molecule has 0 spiro atoms. The highest BCUT2D eigenvalue weighted by molar-refractivity contribution is 5.82. The number of amides is 1. The van der Waals surface area contributed by atoms with Crippen LogP contribution in [0.5, 0.6) is 17.4 Å². The minimum absolute atomic E-state index is 0.0676. The number of nitrogens with zero attached hydrogens (tertiary/aromatic N) is 3. The SMILES string of the molecule is O=C([C@H]1COc2ccccc2O1)N1CCC[C@H](Oc2cccnn2)C1. The first-order valence-corrected chi connectivity index (χ1v) is 8.41. The minimum atomic E-state index is -0.620. The average Bonchev–Trinajstić information content (AvgIpc) is 2.68. The van der Waals surface area contributed by atoms with E-state index in [1.165, 1.54) is 0 Å². The highest BCUT2D eigenvalue weighted by Gasteiger charge is 2.34. The number of hydrogen-bond acceptors (Lipinski definition) is 6. The van der Waals surface area contributed by atoms with Crippen molar-refractivity contribution in [2.45, 2.75) is 25.0 Å². The van der Waals surface area contributed by atoms with Crippen molar-refractivity contribution in [2.75, 3.05) is 19.7 Å². The van der Waals surface area contributed by atoms with Gasteiger partial charge in [-0.15, -0.1) is 5.10 Å². The second-order valence-corrected chi connectivity index (χ2v) is 6.09. The molecule has 0 saturated carbocycles. The zero-order chi connectivity index (χ0) is 17.1. The van der Waals surface area contributed by atoms with Crippen LogP contribution in [0.25, 0.3) is 0 Å². The van der Waals surface area contributed by atoms with Crippen LogP contribution in [0.1, 0.15) is 12.8 Å². The van der Waals surface area contributed by atoms with Crippen LogP contribution >= 0.6 is 0 Å². The van der Waals surface area contributed by atoms with E-state index in [0.717, 1.165) is 12.8 Å². The van der Waals surface area contributed by atoms with Gasteiger partial charge in [0.25, 0.3) is 5.91 Å². The molecule has 1 aromatic carbocycles. The first-order valence-electron chi connectivity index (χ1n) is 8.41. The van der Waals surface area contributed by atoms with Gasteiger partial charge in [-0.05, 0) is 31.0 Å². The van der Waals surface area contributed by atoms with Gasteiger partial charge in [-0.3, -0.25) is 4.79 Å². The summed E-state index contributed by atoms with van der Waals surface area (Å²) in [5.74, 6) is 1.69. The van der Waals surface area contributed by atoms with Crippen molar-refractivity contribution >= 4 is 5.91 Å². The molecule has 2 aromatic rings. The maximum Gasteiger partial charge on any atom is 0.267 e. The summed E-state index contributed by atoms with van der Waals surface area (Å²) in [6.07, 6.45) is 2.64. The molecule has 1 saturated heterocycles. The number of hydrogen-bond donors (Lipinski definition) is 0. The molecule has 2 atom stereocenters. The molecule has 0 unspecified atom stereocenters. The van der Waals surface area contributed by atoms with Crippen molar-refractivity contribution in [1.29, 1.82) is 0 Å². The lowest BCUT2D eigenvalue weighted by Gasteiger charge is -2.35. The molecule has 3 heterocycles. The van der Waals surface area contributed by atoms with Gasteiger partial charge >= 0.3 is 0 Å². The lowest BCUT2D eigenvalue weighted by Crippen LogP contribution is -2.51. The van der Waals surface area contributed by atoms with Crippen molar-refractivity contribution in [3.05, 3.63) is 42.6 Å². The molecule has 2 aliphatic heterocycles. The molecule has 25 heavy (non-hydrogen) atoms. The molecule has 0 N–H and O–H groups in total. The molecule has 2 aliphatic rings. The molecule has 0 bridgehead atoms. The molecular weight excluding hydrogens is 322 g/mol. The fourth-order valence-electron chi connectivity index (χ4n) is 3.10. The zero-order valence-corrected chi connectivity index (χ0v) is 13.7. The smallest absolute Gasteiger partial charge is 0.267 e. The lowest BCUT2D eigenvalue weighted by atomic mass is 10.1. The van der Waals surface area contributed by atoms with E-state index in [2.05, 4.69) is 10.2 Å². The Morgan fingerprint density at radius 2 is 2.08 bits per heavy atom. The second-order valence-electron chi connectivity index (χ2n) is 6.09. The van der Waals surface area contributed by atoms with Crippen LogP contribution < -0.4 is 14.2 Å². The molecule has 130 valence electrons. The summed E-state index contributed by atoms with van der Waals surface area (Å²) in [5, 5.41) is 7.74. The Bertz CT molecular complexity index is 740. The van der Waals surface area contributed by atoms with E-state index in [4.69, 9.17) is 14.2 Å². The zero-order valence-electron chi connectivity index (χ0n) is 13.7. The van der Waals surface area contributed by atoms with Gasteiger partial charge in [0.1, 0.15) is 12.7 Å². The van der Waals surface area contributed by atoms with Crippen LogP contribution in [0.4, 0.5) is 0 Å². The van der Waals surface area contributed by atoms with Gasteiger partial charge in [-0.1, -0.05) is 12.1 Å². The molecule has 7 heteroatoms. The van der Waals surface area contributed by atoms with Crippen molar-refractivity contribution in [3.63, 3.8) is 0 Å². The number of piperidine rings is 1. The summed E-state index contributed by atoms with van der Waals surface area (Å²) < 4.78 is 17.3. The van der Waals surface area contributed by atoms with E-state index in [0.29, 0.717) is 30.5 Å². The monoisotopic (exact) mass is 341 g/mol. The van der Waals surface area contributed by atoms with E-state index in [1.54, 1.807) is 23.2 Å². The summed E-state index contributed by atoms with van der Waals surface area (Å²) in [4.78, 5) is 14.6. The number of fused-ring (bicyclic) bond motifs is 1.